The number of benzene rings is 2. The molecule has 1 amide bonds. The third-order valence-electron chi connectivity index (χ3n) is 3.44. The van der Waals surface area contributed by atoms with E-state index in [2.05, 4.69) is 15.5 Å². The molecule has 126 valence electrons. The summed E-state index contributed by atoms with van der Waals surface area (Å²) in [6.07, 6.45) is 0.362. The highest BCUT2D eigenvalue weighted by Gasteiger charge is 2.12. The molecule has 8 nitrogen and oxygen atoms in total. The van der Waals surface area contributed by atoms with Gasteiger partial charge in [-0.15, -0.1) is 0 Å². The maximum absolute atomic E-state index is 12.0. The zero-order valence-corrected chi connectivity index (χ0v) is 13.1. The summed E-state index contributed by atoms with van der Waals surface area (Å²) in [6, 6.07) is 15.0. The topological polar surface area (TPSA) is 111 Å². The number of nitrogens with zero attached hydrogens (tertiary/aromatic N) is 3. The van der Waals surface area contributed by atoms with E-state index in [1.807, 2.05) is 30.3 Å². The summed E-state index contributed by atoms with van der Waals surface area (Å²) in [5, 5.41) is 17.3. The third kappa shape index (κ3) is 4.05. The van der Waals surface area contributed by atoms with E-state index in [9.17, 15) is 14.9 Å². The lowest BCUT2D eigenvalue weighted by Crippen LogP contribution is -2.25. The van der Waals surface area contributed by atoms with Gasteiger partial charge in [0.05, 0.1) is 4.92 Å². The number of hydrogen-bond acceptors (Lipinski definition) is 6. The van der Waals surface area contributed by atoms with E-state index in [0.29, 0.717) is 18.1 Å². The first kappa shape index (κ1) is 16.3. The van der Waals surface area contributed by atoms with Crippen LogP contribution in [0.2, 0.25) is 0 Å². The summed E-state index contributed by atoms with van der Waals surface area (Å²) in [5.74, 6) is 0.491. The van der Waals surface area contributed by atoms with Crippen LogP contribution in [0.25, 0.3) is 11.4 Å². The monoisotopic (exact) mass is 338 g/mol. The van der Waals surface area contributed by atoms with Crippen LogP contribution in [0.1, 0.15) is 16.2 Å². The van der Waals surface area contributed by atoms with Crippen molar-refractivity contribution in [1.29, 1.82) is 0 Å². The minimum absolute atomic E-state index is 0.128. The fourth-order valence-electron chi connectivity index (χ4n) is 2.21. The Kier molecular flexibility index (Phi) is 4.79. The zero-order chi connectivity index (χ0) is 17.6. The van der Waals surface area contributed by atoms with Gasteiger partial charge in [0.15, 0.2) is 0 Å². The van der Waals surface area contributed by atoms with Gasteiger partial charge in [-0.25, -0.2) is 0 Å². The van der Waals surface area contributed by atoms with E-state index >= 15 is 0 Å². The van der Waals surface area contributed by atoms with Crippen molar-refractivity contribution >= 4 is 11.6 Å². The Morgan fingerprint density at radius 1 is 1.16 bits per heavy atom. The molecule has 0 saturated heterocycles. The molecular weight excluding hydrogens is 324 g/mol. The normalized spacial score (nSPS) is 10.4. The summed E-state index contributed by atoms with van der Waals surface area (Å²) in [6.45, 7) is 0.276. The summed E-state index contributed by atoms with van der Waals surface area (Å²) >= 11 is 0. The Labute approximate surface area is 142 Å². The lowest BCUT2D eigenvalue weighted by atomic mass is 10.2. The van der Waals surface area contributed by atoms with Crippen LogP contribution in [0.5, 0.6) is 0 Å². The molecule has 0 radical (unpaired) electrons. The van der Waals surface area contributed by atoms with E-state index in [0.717, 1.165) is 5.56 Å². The number of nitro benzene ring substituents is 1. The van der Waals surface area contributed by atoms with Gasteiger partial charge in [0, 0.05) is 36.2 Å². The molecule has 0 bridgehead atoms. The van der Waals surface area contributed by atoms with Gasteiger partial charge in [-0.2, -0.15) is 4.98 Å². The summed E-state index contributed by atoms with van der Waals surface area (Å²) in [7, 11) is 0. The summed E-state index contributed by atoms with van der Waals surface area (Å²) < 4.78 is 5.16. The fraction of sp³-hybridized carbons (Fsp3) is 0.118. The van der Waals surface area contributed by atoms with Crippen molar-refractivity contribution in [3.63, 3.8) is 0 Å². The summed E-state index contributed by atoms with van der Waals surface area (Å²) in [5.41, 5.74) is 0.944. The molecule has 3 rings (SSSR count). The molecule has 25 heavy (non-hydrogen) atoms. The van der Waals surface area contributed by atoms with Gasteiger partial charge < -0.3 is 9.84 Å². The van der Waals surface area contributed by atoms with E-state index in [-0.39, 0.29) is 17.8 Å². The van der Waals surface area contributed by atoms with Crippen molar-refractivity contribution in [2.45, 2.75) is 6.42 Å². The van der Waals surface area contributed by atoms with Crippen molar-refractivity contribution in [2.24, 2.45) is 0 Å². The van der Waals surface area contributed by atoms with Crippen LogP contribution in [-0.4, -0.2) is 27.5 Å². The van der Waals surface area contributed by atoms with Crippen LogP contribution < -0.4 is 5.32 Å². The maximum Gasteiger partial charge on any atom is 0.270 e. The lowest BCUT2D eigenvalue weighted by molar-refractivity contribution is -0.384. The Bertz CT molecular complexity index is 892. The first-order valence-corrected chi connectivity index (χ1v) is 7.54. The maximum atomic E-state index is 12.0. The zero-order valence-electron chi connectivity index (χ0n) is 13.1. The first-order valence-electron chi connectivity index (χ1n) is 7.54. The molecule has 0 spiro atoms. The minimum Gasteiger partial charge on any atom is -0.352 e. The number of hydrogen-bond donors (Lipinski definition) is 1. The van der Waals surface area contributed by atoms with Gasteiger partial charge in [0.25, 0.3) is 11.6 Å². The van der Waals surface area contributed by atoms with Crippen LogP contribution in [0.3, 0.4) is 0 Å². The average Bonchev–Trinajstić information content (AvgIpc) is 3.11. The highest BCUT2D eigenvalue weighted by molar-refractivity contribution is 5.94. The van der Waals surface area contributed by atoms with E-state index in [1.165, 1.54) is 24.3 Å². The number of rotatable bonds is 6. The van der Waals surface area contributed by atoms with Crippen LogP contribution >= 0.6 is 0 Å². The molecule has 0 fully saturated rings. The second kappa shape index (κ2) is 7.35. The van der Waals surface area contributed by atoms with Crippen LogP contribution in [-0.2, 0) is 6.42 Å². The molecule has 1 N–H and O–H groups in total. The Morgan fingerprint density at radius 2 is 1.96 bits per heavy atom. The van der Waals surface area contributed by atoms with Crippen molar-refractivity contribution in [3.8, 4) is 11.4 Å². The molecule has 0 saturated carbocycles. The number of carbonyl (C=O) groups excluding carboxylic acids is 1. The Hall–Kier alpha value is -3.55. The van der Waals surface area contributed by atoms with Crippen molar-refractivity contribution in [2.75, 3.05) is 6.54 Å². The van der Waals surface area contributed by atoms with Crippen molar-refractivity contribution in [1.82, 2.24) is 15.5 Å². The van der Waals surface area contributed by atoms with Crippen LogP contribution in [0, 0.1) is 10.1 Å². The number of carbonyl (C=O) groups is 1. The summed E-state index contributed by atoms with van der Waals surface area (Å²) in [4.78, 5) is 26.5. The van der Waals surface area contributed by atoms with E-state index in [1.54, 1.807) is 0 Å². The molecule has 0 aliphatic carbocycles. The minimum atomic E-state index is -0.541. The predicted molar refractivity (Wildman–Crippen MR) is 88.9 cm³/mol. The molecular formula is C17H14N4O4. The number of non-ortho nitro benzene ring substituents is 1. The van der Waals surface area contributed by atoms with E-state index in [4.69, 9.17) is 4.52 Å². The molecule has 0 atom stereocenters. The first-order chi connectivity index (χ1) is 12.1. The second-order valence-corrected chi connectivity index (χ2v) is 5.19. The third-order valence-corrected chi connectivity index (χ3v) is 3.44. The van der Waals surface area contributed by atoms with Gasteiger partial charge >= 0.3 is 0 Å². The fourth-order valence-corrected chi connectivity index (χ4v) is 2.21. The van der Waals surface area contributed by atoms with Gasteiger partial charge in [0.2, 0.25) is 11.7 Å². The molecule has 0 aliphatic rings. The molecule has 0 unspecified atom stereocenters. The van der Waals surface area contributed by atoms with Gasteiger partial charge in [-0.05, 0) is 6.07 Å². The highest BCUT2D eigenvalue weighted by Crippen LogP contribution is 2.15. The molecule has 1 heterocycles. The number of aromatic nitrogens is 2. The highest BCUT2D eigenvalue weighted by atomic mass is 16.6. The van der Waals surface area contributed by atoms with Crippen LogP contribution in [0.4, 0.5) is 5.69 Å². The van der Waals surface area contributed by atoms with Crippen LogP contribution in [0.15, 0.2) is 59.1 Å². The molecule has 1 aromatic heterocycles. The molecule has 0 aliphatic heterocycles. The van der Waals surface area contributed by atoms with Gasteiger partial charge in [-0.3, -0.25) is 14.9 Å². The average molecular weight is 338 g/mol. The van der Waals surface area contributed by atoms with Crippen molar-refractivity contribution in [3.05, 3.63) is 76.2 Å². The predicted octanol–water partition coefficient (Wildman–Crippen LogP) is 2.62. The number of amides is 1. The quantitative estimate of drug-likeness (QED) is 0.546. The number of nitro groups is 1. The lowest BCUT2D eigenvalue weighted by Gasteiger charge is -2.03. The van der Waals surface area contributed by atoms with Crippen molar-refractivity contribution < 1.29 is 14.2 Å². The molecule has 8 heteroatoms. The molecule has 3 aromatic rings. The standard InChI is InChI=1S/C17H14N4O4/c22-17(13-7-4-8-14(11-13)21(23)24)18-10-9-15-19-16(20-25-15)12-5-2-1-3-6-12/h1-8,11H,9-10H2,(H,18,22). The van der Waals surface area contributed by atoms with Gasteiger partial charge in [-0.1, -0.05) is 41.6 Å². The van der Waals surface area contributed by atoms with Gasteiger partial charge in [0.1, 0.15) is 0 Å². The number of nitrogens with one attached hydrogen (secondary N) is 1. The van der Waals surface area contributed by atoms with E-state index < -0.39 is 10.8 Å². The largest absolute Gasteiger partial charge is 0.352 e. The second-order valence-electron chi connectivity index (χ2n) is 5.19. The Morgan fingerprint density at radius 3 is 2.72 bits per heavy atom. The Balaban J connectivity index is 1.56. The molecule has 2 aromatic carbocycles. The smallest absolute Gasteiger partial charge is 0.270 e. The SMILES string of the molecule is O=C(NCCc1nc(-c2ccccc2)no1)c1cccc([N+](=O)[O-])c1.